The van der Waals surface area contributed by atoms with Gasteiger partial charge in [-0.25, -0.2) is 4.68 Å². The van der Waals surface area contributed by atoms with Gasteiger partial charge in [0.05, 0.1) is 34.6 Å². The van der Waals surface area contributed by atoms with E-state index in [4.69, 9.17) is 23.2 Å². The monoisotopic (exact) mass is 313 g/mol. The Morgan fingerprint density at radius 1 is 1.26 bits per heavy atom. The van der Waals surface area contributed by atoms with Crippen LogP contribution < -0.4 is 0 Å². The van der Waals surface area contributed by atoms with Crippen LogP contribution >= 0.6 is 23.2 Å². The summed E-state index contributed by atoms with van der Waals surface area (Å²) in [5, 5.41) is 17.3. The molecule has 0 fully saturated rings. The second-order valence-electron chi connectivity index (χ2n) is 4.00. The zero-order valence-corrected chi connectivity index (χ0v) is 10.8. The summed E-state index contributed by atoms with van der Waals surface area (Å²) in [5.41, 5.74) is 0.809. The van der Waals surface area contributed by atoms with Crippen molar-refractivity contribution in [2.24, 2.45) is 0 Å². The second kappa shape index (κ2) is 5.15. The number of benzene rings is 1. The van der Waals surface area contributed by atoms with Crippen LogP contribution in [0.15, 0.2) is 12.1 Å². The van der Waals surface area contributed by atoms with E-state index in [2.05, 4.69) is 10.3 Å². The second-order valence-corrected chi connectivity index (χ2v) is 4.81. The first-order valence-electron chi connectivity index (χ1n) is 5.19. The van der Waals surface area contributed by atoms with E-state index >= 15 is 0 Å². The van der Waals surface area contributed by atoms with Crippen LogP contribution in [0.25, 0.3) is 11.0 Å². The van der Waals surface area contributed by atoms with Crippen LogP contribution in [0.2, 0.25) is 10.0 Å². The molecule has 2 aromatic rings. The van der Waals surface area contributed by atoms with Crippen molar-refractivity contribution in [3.8, 4) is 0 Å². The van der Waals surface area contributed by atoms with E-state index in [1.165, 1.54) is 12.1 Å². The minimum Gasteiger partial charge on any atom is -0.391 e. The van der Waals surface area contributed by atoms with Crippen molar-refractivity contribution in [3.63, 3.8) is 0 Å². The van der Waals surface area contributed by atoms with Gasteiger partial charge in [-0.3, -0.25) is 0 Å². The van der Waals surface area contributed by atoms with Gasteiger partial charge in [0.2, 0.25) is 0 Å². The lowest BCUT2D eigenvalue weighted by Gasteiger charge is -2.13. The van der Waals surface area contributed by atoms with E-state index in [0.717, 1.165) is 4.68 Å². The van der Waals surface area contributed by atoms with Crippen LogP contribution in [0, 0.1) is 0 Å². The smallest absolute Gasteiger partial charge is 0.391 e. The number of hydrogen-bond acceptors (Lipinski definition) is 3. The van der Waals surface area contributed by atoms with Gasteiger partial charge in [0, 0.05) is 0 Å². The highest BCUT2D eigenvalue weighted by Gasteiger charge is 2.31. The number of aliphatic hydroxyl groups excluding tert-OH is 1. The molecule has 0 aliphatic carbocycles. The lowest BCUT2D eigenvalue weighted by molar-refractivity contribution is -0.154. The lowest BCUT2D eigenvalue weighted by atomic mass is 10.2. The number of hydrogen-bond donors (Lipinski definition) is 1. The van der Waals surface area contributed by atoms with Gasteiger partial charge in [-0.15, -0.1) is 5.10 Å². The molecule has 1 N–H and O–H groups in total. The predicted octanol–water partition coefficient (Wildman–Crippen LogP) is 3.05. The quantitative estimate of drug-likeness (QED) is 0.947. The van der Waals surface area contributed by atoms with E-state index < -0.39 is 18.7 Å². The Hall–Kier alpha value is -1.05. The first kappa shape index (κ1) is 14.4. The summed E-state index contributed by atoms with van der Waals surface area (Å²) >= 11 is 11.6. The largest absolute Gasteiger partial charge is 0.391 e. The maximum absolute atomic E-state index is 12.1. The summed E-state index contributed by atoms with van der Waals surface area (Å²) in [5.74, 6) is 0. The molecule has 1 aromatic heterocycles. The van der Waals surface area contributed by atoms with Crippen molar-refractivity contribution in [2.45, 2.75) is 25.2 Å². The van der Waals surface area contributed by atoms with Crippen molar-refractivity contribution < 1.29 is 18.3 Å². The molecule has 2 rings (SSSR count). The first-order chi connectivity index (χ1) is 8.76. The molecule has 1 aromatic carbocycles. The summed E-state index contributed by atoms with van der Waals surface area (Å²) in [6.45, 7) is -0.325. The van der Waals surface area contributed by atoms with Gasteiger partial charge >= 0.3 is 6.18 Å². The van der Waals surface area contributed by atoms with Crippen LogP contribution in [0.3, 0.4) is 0 Å². The molecule has 0 aliphatic rings. The average molecular weight is 314 g/mol. The highest BCUT2D eigenvalue weighted by atomic mass is 35.5. The Morgan fingerprint density at radius 3 is 2.53 bits per heavy atom. The van der Waals surface area contributed by atoms with Crippen molar-refractivity contribution >= 4 is 34.2 Å². The minimum absolute atomic E-state index is 0.239. The van der Waals surface area contributed by atoms with Crippen LogP contribution in [0.1, 0.15) is 6.42 Å². The van der Waals surface area contributed by atoms with E-state index in [1.54, 1.807) is 0 Å². The van der Waals surface area contributed by atoms with E-state index in [1.807, 2.05) is 0 Å². The number of aliphatic hydroxyl groups is 1. The molecule has 0 spiro atoms. The third-order valence-electron chi connectivity index (χ3n) is 2.41. The molecule has 0 bridgehead atoms. The molecule has 0 saturated heterocycles. The van der Waals surface area contributed by atoms with E-state index in [-0.39, 0.29) is 16.6 Å². The third-order valence-corrected chi connectivity index (χ3v) is 3.13. The molecule has 0 amide bonds. The minimum atomic E-state index is -4.43. The SMILES string of the molecule is O[C@H](Cn1nnc2cc(Cl)c(Cl)cc21)CC(F)(F)F. The summed E-state index contributed by atoms with van der Waals surface area (Å²) < 4.78 is 37.5. The van der Waals surface area contributed by atoms with Crippen molar-refractivity contribution in [1.82, 2.24) is 15.0 Å². The van der Waals surface area contributed by atoms with Gasteiger partial charge in [0.25, 0.3) is 0 Å². The molecule has 19 heavy (non-hydrogen) atoms. The van der Waals surface area contributed by atoms with Gasteiger partial charge in [0.15, 0.2) is 0 Å². The number of nitrogens with zero attached hydrogens (tertiary/aromatic N) is 3. The average Bonchev–Trinajstić information content (AvgIpc) is 2.59. The number of aromatic nitrogens is 3. The van der Waals surface area contributed by atoms with Gasteiger partial charge in [-0.05, 0) is 12.1 Å². The van der Waals surface area contributed by atoms with Gasteiger partial charge in [-0.2, -0.15) is 13.2 Å². The fourth-order valence-corrected chi connectivity index (χ4v) is 1.95. The van der Waals surface area contributed by atoms with Gasteiger partial charge in [-0.1, -0.05) is 28.4 Å². The zero-order chi connectivity index (χ0) is 14.2. The Morgan fingerprint density at radius 2 is 1.89 bits per heavy atom. The topological polar surface area (TPSA) is 50.9 Å². The number of alkyl halides is 3. The maximum atomic E-state index is 12.1. The fourth-order valence-electron chi connectivity index (χ4n) is 1.63. The van der Waals surface area contributed by atoms with Crippen LogP contribution in [-0.4, -0.2) is 32.4 Å². The van der Waals surface area contributed by atoms with E-state index in [0.29, 0.717) is 11.0 Å². The lowest BCUT2D eigenvalue weighted by Crippen LogP contribution is -2.24. The number of fused-ring (bicyclic) bond motifs is 1. The highest BCUT2D eigenvalue weighted by molar-refractivity contribution is 6.42. The van der Waals surface area contributed by atoms with Crippen molar-refractivity contribution in [2.75, 3.05) is 0 Å². The zero-order valence-electron chi connectivity index (χ0n) is 9.32. The molecular formula is C10H8Cl2F3N3O. The molecule has 0 saturated carbocycles. The van der Waals surface area contributed by atoms with Crippen LogP contribution in [0.5, 0.6) is 0 Å². The molecule has 4 nitrogen and oxygen atoms in total. The Kier molecular flexibility index (Phi) is 3.89. The van der Waals surface area contributed by atoms with Gasteiger partial charge < -0.3 is 5.11 Å². The Labute approximate surface area is 115 Å². The fraction of sp³-hybridized carbons (Fsp3) is 0.400. The van der Waals surface area contributed by atoms with Crippen molar-refractivity contribution in [3.05, 3.63) is 22.2 Å². The number of rotatable bonds is 3. The molecular weight excluding hydrogens is 306 g/mol. The molecule has 0 unspecified atom stereocenters. The predicted molar refractivity (Wildman–Crippen MR) is 64.2 cm³/mol. The summed E-state index contributed by atoms with van der Waals surface area (Å²) in [7, 11) is 0. The molecule has 104 valence electrons. The summed E-state index contributed by atoms with van der Waals surface area (Å²) in [6.07, 6.45) is -7.34. The van der Waals surface area contributed by atoms with E-state index in [9.17, 15) is 18.3 Å². The Bertz CT molecular complexity index is 599. The molecule has 0 aliphatic heterocycles. The molecule has 1 heterocycles. The third kappa shape index (κ3) is 3.49. The summed E-state index contributed by atoms with van der Waals surface area (Å²) in [6, 6.07) is 2.90. The Balaban J connectivity index is 2.24. The van der Waals surface area contributed by atoms with Crippen LogP contribution in [0.4, 0.5) is 13.2 Å². The number of halogens is 5. The molecule has 1 atom stereocenters. The first-order valence-corrected chi connectivity index (χ1v) is 5.95. The highest BCUT2D eigenvalue weighted by Crippen LogP contribution is 2.27. The standard InChI is InChI=1S/C10H8Cl2F3N3O/c11-6-1-8-9(2-7(6)12)18(17-16-8)4-5(19)3-10(13,14)15/h1-2,5,19H,3-4H2/t5-/m0/s1. The van der Waals surface area contributed by atoms with Crippen LogP contribution in [-0.2, 0) is 6.54 Å². The summed E-state index contributed by atoms with van der Waals surface area (Å²) in [4.78, 5) is 0. The van der Waals surface area contributed by atoms with Gasteiger partial charge in [0.1, 0.15) is 5.52 Å². The van der Waals surface area contributed by atoms with Crippen molar-refractivity contribution in [1.29, 1.82) is 0 Å². The maximum Gasteiger partial charge on any atom is 0.391 e. The molecule has 9 heteroatoms. The normalized spacial score (nSPS) is 14.0. The molecule has 0 radical (unpaired) electrons.